The summed E-state index contributed by atoms with van der Waals surface area (Å²) in [5.41, 5.74) is 0. The van der Waals surface area contributed by atoms with Crippen molar-refractivity contribution in [2.45, 2.75) is 63.6 Å². The van der Waals surface area contributed by atoms with Crippen LogP contribution in [0.1, 0.15) is 51.4 Å². The molecule has 2 unspecified atom stereocenters. The summed E-state index contributed by atoms with van der Waals surface area (Å²) in [5.74, 6) is 0. The molecule has 0 N–H and O–H groups in total. The van der Waals surface area contributed by atoms with Gasteiger partial charge in [0.05, 0.1) is 25.4 Å². The summed E-state index contributed by atoms with van der Waals surface area (Å²) < 4.78 is 21.5. The first-order valence-electron chi connectivity index (χ1n) is 8.34. The smallest absolute Gasteiger partial charge is 0.0810 e. The molecule has 2 heterocycles. The Labute approximate surface area is 123 Å². The first kappa shape index (κ1) is 16.2. The maximum atomic E-state index is 5.60. The van der Waals surface area contributed by atoms with Crippen LogP contribution < -0.4 is 0 Å². The highest BCUT2D eigenvalue weighted by Gasteiger charge is 2.21. The maximum Gasteiger partial charge on any atom is 0.0810 e. The summed E-state index contributed by atoms with van der Waals surface area (Å²) in [6, 6.07) is 0. The highest BCUT2D eigenvalue weighted by atomic mass is 16.6. The normalized spacial score (nSPS) is 24.0. The molecule has 2 rings (SSSR count). The van der Waals surface area contributed by atoms with E-state index in [1.165, 1.54) is 38.5 Å². The van der Waals surface area contributed by atoms with E-state index in [0.29, 0.717) is 12.2 Å². The number of epoxide rings is 2. The minimum atomic E-state index is 0.573. The van der Waals surface area contributed by atoms with E-state index in [4.69, 9.17) is 18.9 Å². The Morgan fingerprint density at radius 3 is 1.30 bits per heavy atom. The Morgan fingerprint density at radius 1 is 0.600 bits per heavy atom. The maximum absolute atomic E-state index is 5.60. The van der Waals surface area contributed by atoms with Gasteiger partial charge in [0.15, 0.2) is 0 Å². The Balaban J connectivity index is 1.17. The zero-order valence-corrected chi connectivity index (χ0v) is 12.7. The lowest BCUT2D eigenvalue weighted by Gasteiger charge is -2.05. The molecule has 4 heteroatoms. The van der Waals surface area contributed by atoms with E-state index in [0.717, 1.165) is 52.5 Å². The van der Waals surface area contributed by atoms with Crippen molar-refractivity contribution >= 4 is 0 Å². The second-order valence-corrected chi connectivity index (χ2v) is 5.83. The van der Waals surface area contributed by atoms with Crippen LogP contribution in [0.2, 0.25) is 0 Å². The second kappa shape index (κ2) is 10.6. The summed E-state index contributed by atoms with van der Waals surface area (Å²) in [4.78, 5) is 0. The summed E-state index contributed by atoms with van der Waals surface area (Å²) in [6.07, 6.45) is 10.6. The van der Waals surface area contributed by atoms with Crippen LogP contribution in [0.25, 0.3) is 0 Å². The first-order valence-corrected chi connectivity index (χ1v) is 8.34. The van der Waals surface area contributed by atoms with Crippen LogP contribution in [-0.2, 0) is 18.9 Å². The molecular formula is C16H30O4. The fourth-order valence-electron chi connectivity index (χ4n) is 2.23. The Bertz CT molecular complexity index is 203. The van der Waals surface area contributed by atoms with Gasteiger partial charge in [-0.1, -0.05) is 0 Å². The molecule has 0 aliphatic carbocycles. The highest BCUT2D eigenvalue weighted by molar-refractivity contribution is 4.68. The Kier molecular flexibility index (Phi) is 8.55. The predicted octanol–water partition coefficient (Wildman–Crippen LogP) is 2.94. The largest absolute Gasteiger partial charge is 0.381 e. The lowest BCUT2D eigenvalue weighted by molar-refractivity contribution is 0.0988. The van der Waals surface area contributed by atoms with Gasteiger partial charge in [-0.3, -0.25) is 0 Å². The average molecular weight is 286 g/mol. The molecule has 0 radical (unpaired) electrons. The van der Waals surface area contributed by atoms with Gasteiger partial charge >= 0.3 is 0 Å². The SMILES string of the molecule is C(CCOCCCCC1CO1)COCCCCC1CO1. The first-order chi connectivity index (χ1) is 9.95. The van der Waals surface area contributed by atoms with Gasteiger partial charge in [-0.2, -0.15) is 0 Å². The Hall–Kier alpha value is -0.160. The summed E-state index contributed by atoms with van der Waals surface area (Å²) in [6.45, 7) is 5.52. The van der Waals surface area contributed by atoms with Crippen molar-refractivity contribution in [2.75, 3.05) is 39.6 Å². The van der Waals surface area contributed by atoms with Gasteiger partial charge in [0.25, 0.3) is 0 Å². The van der Waals surface area contributed by atoms with E-state index in [-0.39, 0.29) is 0 Å². The fraction of sp³-hybridized carbons (Fsp3) is 1.00. The highest BCUT2D eigenvalue weighted by Crippen LogP contribution is 2.16. The minimum Gasteiger partial charge on any atom is -0.381 e. The molecule has 0 aromatic carbocycles. The molecule has 0 aromatic heterocycles. The molecule has 0 saturated carbocycles. The van der Waals surface area contributed by atoms with Crippen molar-refractivity contribution in [1.82, 2.24) is 0 Å². The van der Waals surface area contributed by atoms with Gasteiger partial charge in [-0.25, -0.2) is 0 Å². The minimum absolute atomic E-state index is 0.573. The molecule has 2 aliphatic rings. The average Bonchev–Trinajstić information content (AvgIpc) is 3.34. The van der Waals surface area contributed by atoms with E-state index in [1.807, 2.05) is 0 Å². The number of hydrogen-bond donors (Lipinski definition) is 0. The van der Waals surface area contributed by atoms with Crippen LogP contribution in [0.4, 0.5) is 0 Å². The molecule has 0 aromatic rings. The summed E-state index contributed by atoms with van der Waals surface area (Å²) in [5, 5.41) is 0. The molecule has 118 valence electrons. The zero-order chi connectivity index (χ0) is 13.9. The van der Waals surface area contributed by atoms with Crippen LogP contribution in [0.3, 0.4) is 0 Å². The molecule has 2 atom stereocenters. The number of hydrogen-bond acceptors (Lipinski definition) is 4. The molecule has 20 heavy (non-hydrogen) atoms. The zero-order valence-electron chi connectivity index (χ0n) is 12.7. The van der Waals surface area contributed by atoms with Gasteiger partial charge in [-0.05, 0) is 51.4 Å². The van der Waals surface area contributed by atoms with Crippen molar-refractivity contribution in [2.24, 2.45) is 0 Å². The fourth-order valence-corrected chi connectivity index (χ4v) is 2.23. The number of rotatable bonds is 15. The second-order valence-electron chi connectivity index (χ2n) is 5.83. The van der Waals surface area contributed by atoms with Crippen molar-refractivity contribution in [3.8, 4) is 0 Å². The van der Waals surface area contributed by atoms with Crippen LogP contribution in [0.15, 0.2) is 0 Å². The molecule has 2 aliphatic heterocycles. The Morgan fingerprint density at radius 2 is 0.950 bits per heavy atom. The van der Waals surface area contributed by atoms with Gasteiger partial charge in [0.2, 0.25) is 0 Å². The molecule has 2 saturated heterocycles. The van der Waals surface area contributed by atoms with Crippen LogP contribution in [0, 0.1) is 0 Å². The third kappa shape index (κ3) is 9.70. The van der Waals surface area contributed by atoms with E-state index in [1.54, 1.807) is 0 Å². The molecule has 0 bridgehead atoms. The van der Waals surface area contributed by atoms with E-state index in [2.05, 4.69) is 0 Å². The summed E-state index contributed by atoms with van der Waals surface area (Å²) in [7, 11) is 0. The third-order valence-corrected chi connectivity index (χ3v) is 3.76. The quantitative estimate of drug-likeness (QED) is 0.343. The van der Waals surface area contributed by atoms with E-state index in [9.17, 15) is 0 Å². The van der Waals surface area contributed by atoms with E-state index >= 15 is 0 Å². The van der Waals surface area contributed by atoms with Crippen LogP contribution in [-0.4, -0.2) is 51.8 Å². The lowest BCUT2D eigenvalue weighted by atomic mass is 10.2. The molecule has 4 nitrogen and oxygen atoms in total. The molecule has 0 amide bonds. The monoisotopic (exact) mass is 286 g/mol. The summed E-state index contributed by atoms with van der Waals surface area (Å²) >= 11 is 0. The number of unbranched alkanes of at least 4 members (excludes halogenated alkanes) is 3. The van der Waals surface area contributed by atoms with Crippen LogP contribution >= 0.6 is 0 Å². The van der Waals surface area contributed by atoms with Crippen LogP contribution in [0.5, 0.6) is 0 Å². The van der Waals surface area contributed by atoms with Gasteiger partial charge in [-0.15, -0.1) is 0 Å². The predicted molar refractivity (Wildman–Crippen MR) is 78.1 cm³/mol. The van der Waals surface area contributed by atoms with Gasteiger partial charge in [0, 0.05) is 26.4 Å². The van der Waals surface area contributed by atoms with Gasteiger partial charge < -0.3 is 18.9 Å². The topological polar surface area (TPSA) is 43.5 Å². The number of ether oxygens (including phenoxy) is 4. The van der Waals surface area contributed by atoms with Crippen molar-refractivity contribution in [1.29, 1.82) is 0 Å². The van der Waals surface area contributed by atoms with Crippen molar-refractivity contribution in [3.63, 3.8) is 0 Å². The van der Waals surface area contributed by atoms with Gasteiger partial charge in [0.1, 0.15) is 0 Å². The molecule has 2 fully saturated rings. The molecule has 0 spiro atoms. The molecular weight excluding hydrogens is 256 g/mol. The van der Waals surface area contributed by atoms with Crippen molar-refractivity contribution < 1.29 is 18.9 Å². The lowest BCUT2D eigenvalue weighted by Crippen LogP contribution is -2.02. The van der Waals surface area contributed by atoms with E-state index < -0.39 is 0 Å². The third-order valence-electron chi connectivity index (χ3n) is 3.76. The standard InChI is InChI=1S/C16H30O4/c1(7-15-13-19-15)3-9-17-11-5-6-12-18-10-4-2-8-16-14-20-16/h15-16H,1-14H2. The van der Waals surface area contributed by atoms with Crippen molar-refractivity contribution in [3.05, 3.63) is 0 Å².